The molecule has 0 aromatic rings. The molecule has 0 bridgehead atoms. The molecule has 0 saturated carbocycles. The number of rotatable bonds is 10. The lowest BCUT2D eigenvalue weighted by Gasteiger charge is -2.34. The van der Waals surface area contributed by atoms with Gasteiger partial charge in [-0.1, -0.05) is 61.1 Å². The van der Waals surface area contributed by atoms with E-state index in [1.54, 1.807) is 0 Å². The summed E-state index contributed by atoms with van der Waals surface area (Å²) in [5, 5.41) is 11.1. The molecule has 3 rings (SSSR count). The van der Waals surface area contributed by atoms with Crippen molar-refractivity contribution in [2.45, 2.75) is 46.0 Å². The van der Waals surface area contributed by atoms with Crippen molar-refractivity contribution in [2.75, 3.05) is 20.6 Å². The van der Waals surface area contributed by atoms with Crippen molar-refractivity contribution in [3.05, 3.63) is 95.1 Å². The molecule has 0 fully saturated rings. The van der Waals surface area contributed by atoms with Crippen LogP contribution in [0.5, 0.6) is 0 Å². The number of likely N-dealkylation sites (N-methyl/N-ethyl adjacent to an activating group) is 2. The van der Waals surface area contributed by atoms with E-state index in [0.717, 1.165) is 48.4 Å². The number of carbonyl (C=O) groups excluding carboxylic acids is 1. The first-order valence-electron chi connectivity index (χ1n) is 12.6. The molecule has 0 aromatic carbocycles. The standard InChI is InChI=1S/C30H39FN4O/c1-6-7-8-9-10-21(2)25(19-30(3)15-13-22(14-16-30)20-32-4)29-28-23(18-27(36)34-35-29)17-24(31)11-12-26(28)33-5/h6,8-10,12-15,17,25,32-33H,1,7,11,16,18-20H2,2-5H3,(H,34,36)/b9-8-,21-10+. The van der Waals surface area contributed by atoms with E-state index in [4.69, 9.17) is 0 Å². The fraction of sp³-hybridized carbons (Fsp3) is 0.400. The molecule has 3 aliphatic rings. The highest BCUT2D eigenvalue weighted by molar-refractivity contribution is 6.09. The van der Waals surface area contributed by atoms with Crippen LogP contribution in [0.25, 0.3) is 0 Å². The summed E-state index contributed by atoms with van der Waals surface area (Å²) in [6.07, 6.45) is 21.0. The Bertz CT molecular complexity index is 1120. The second kappa shape index (κ2) is 12.6. The molecule has 0 spiro atoms. The van der Waals surface area contributed by atoms with E-state index < -0.39 is 0 Å². The van der Waals surface area contributed by atoms with E-state index in [-0.39, 0.29) is 35.9 Å². The van der Waals surface area contributed by atoms with Gasteiger partial charge in [-0.25, -0.2) is 9.82 Å². The predicted molar refractivity (Wildman–Crippen MR) is 148 cm³/mol. The number of nitrogens with one attached hydrogen (secondary N) is 3. The first-order chi connectivity index (χ1) is 17.3. The molecule has 2 unspecified atom stereocenters. The van der Waals surface area contributed by atoms with Gasteiger partial charge in [0.05, 0.1) is 12.1 Å². The summed E-state index contributed by atoms with van der Waals surface area (Å²) in [4.78, 5) is 12.6. The van der Waals surface area contributed by atoms with E-state index >= 15 is 0 Å². The first kappa shape index (κ1) is 27.3. The van der Waals surface area contributed by atoms with E-state index in [1.807, 2.05) is 32.3 Å². The SMILES string of the molecule is C=CC/C=C\C=C(/C)C(CC1(C)C=CC(CNC)=CC1)C1=NNC(=O)CC2=C1C(NC)=CCC(F)=C2. The molecule has 36 heavy (non-hydrogen) atoms. The summed E-state index contributed by atoms with van der Waals surface area (Å²) in [5.74, 6) is -0.599. The zero-order valence-electron chi connectivity index (χ0n) is 22.0. The summed E-state index contributed by atoms with van der Waals surface area (Å²) in [6.45, 7) is 8.99. The maximum atomic E-state index is 14.6. The van der Waals surface area contributed by atoms with E-state index in [1.165, 1.54) is 11.6 Å². The average Bonchev–Trinajstić information content (AvgIpc) is 3.10. The van der Waals surface area contributed by atoms with Crippen LogP contribution in [0.15, 0.2) is 100 Å². The topological polar surface area (TPSA) is 65.5 Å². The van der Waals surface area contributed by atoms with Crippen LogP contribution < -0.4 is 16.1 Å². The van der Waals surface area contributed by atoms with Crippen molar-refractivity contribution >= 4 is 11.6 Å². The van der Waals surface area contributed by atoms with Gasteiger partial charge >= 0.3 is 0 Å². The van der Waals surface area contributed by atoms with Gasteiger partial charge in [-0.3, -0.25) is 4.79 Å². The van der Waals surface area contributed by atoms with Crippen molar-refractivity contribution in [3.8, 4) is 0 Å². The number of hydrogen-bond donors (Lipinski definition) is 3. The lowest BCUT2D eigenvalue weighted by atomic mass is 9.71. The molecule has 3 N–H and O–H groups in total. The third-order valence-electron chi connectivity index (χ3n) is 6.86. The third kappa shape index (κ3) is 6.91. The third-order valence-corrected chi connectivity index (χ3v) is 6.86. The molecule has 5 nitrogen and oxygen atoms in total. The minimum absolute atomic E-state index is 0.0801. The van der Waals surface area contributed by atoms with Gasteiger partial charge in [0.25, 0.3) is 0 Å². The van der Waals surface area contributed by atoms with Crippen LogP contribution in [0.1, 0.15) is 46.0 Å². The van der Waals surface area contributed by atoms with E-state index in [0.29, 0.717) is 5.57 Å². The molecule has 0 saturated heterocycles. The van der Waals surface area contributed by atoms with Crippen LogP contribution in [-0.2, 0) is 4.79 Å². The number of hydrazone groups is 1. The van der Waals surface area contributed by atoms with Crippen LogP contribution in [0.2, 0.25) is 0 Å². The molecule has 0 radical (unpaired) electrons. The van der Waals surface area contributed by atoms with Gasteiger partial charge in [0.2, 0.25) is 5.91 Å². The number of allylic oxidation sites excluding steroid dienone is 11. The van der Waals surface area contributed by atoms with Gasteiger partial charge in [-0.05, 0) is 55.9 Å². The molecule has 2 atom stereocenters. The van der Waals surface area contributed by atoms with Gasteiger partial charge in [-0.2, -0.15) is 5.10 Å². The fourth-order valence-electron chi connectivity index (χ4n) is 4.85. The number of hydrogen-bond acceptors (Lipinski definition) is 4. The lowest BCUT2D eigenvalue weighted by Crippen LogP contribution is -2.30. The number of carbonyl (C=O) groups is 1. The minimum Gasteiger partial charge on any atom is -0.388 e. The smallest absolute Gasteiger partial charge is 0.244 e. The van der Waals surface area contributed by atoms with Crippen molar-refractivity contribution in [3.63, 3.8) is 0 Å². The zero-order chi connectivity index (χ0) is 26.1. The van der Waals surface area contributed by atoms with E-state index in [2.05, 4.69) is 72.0 Å². The van der Waals surface area contributed by atoms with Crippen molar-refractivity contribution in [2.24, 2.45) is 16.4 Å². The number of nitrogens with zero attached hydrogens (tertiary/aromatic N) is 1. The van der Waals surface area contributed by atoms with Gasteiger partial charge in [-0.15, -0.1) is 6.58 Å². The highest BCUT2D eigenvalue weighted by Crippen LogP contribution is 2.41. The first-order valence-corrected chi connectivity index (χ1v) is 12.6. The molecular weight excluding hydrogens is 451 g/mol. The molecule has 6 heteroatoms. The Morgan fingerprint density at radius 1 is 1.36 bits per heavy atom. The zero-order valence-corrected chi connectivity index (χ0v) is 22.0. The average molecular weight is 491 g/mol. The molecule has 1 amide bonds. The second-order valence-corrected chi connectivity index (χ2v) is 9.89. The highest BCUT2D eigenvalue weighted by Gasteiger charge is 2.35. The Hall–Kier alpha value is -3.25. The number of amides is 1. The van der Waals surface area contributed by atoms with Crippen LogP contribution in [0.4, 0.5) is 4.39 Å². The van der Waals surface area contributed by atoms with Crippen molar-refractivity contribution < 1.29 is 9.18 Å². The van der Waals surface area contributed by atoms with Gasteiger partial charge in [0, 0.05) is 37.2 Å². The summed E-state index contributed by atoms with van der Waals surface area (Å²) in [6, 6.07) is 0. The maximum Gasteiger partial charge on any atom is 0.244 e. The van der Waals surface area contributed by atoms with Gasteiger partial charge in [0.1, 0.15) is 5.83 Å². The highest BCUT2D eigenvalue weighted by atomic mass is 19.1. The van der Waals surface area contributed by atoms with Crippen molar-refractivity contribution in [1.82, 2.24) is 16.1 Å². The van der Waals surface area contributed by atoms with Crippen LogP contribution in [-0.4, -0.2) is 32.3 Å². The lowest BCUT2D eigenvalue weighted by molar-refractivity contribution is -0.120. The molecular formula is C30H39FN4O. The normalized spacial score (nSPS) is 23.6. The Kier molecular flexibility index (Phi) is 9.59. The largest absolute Gasteiger partial charge is 0.388 e. The monoisotopic (exact) mass is 490 g/mol. The van der Waals surface area contributed by atoms with Crippen LogP contribution in [0.3, 0.4) is 0 Å². The summed E-state index contributed by atoms with van der Waals surface area (Å²) in [5.41, 5.74) is 8.04. The molecule has 1 heterocycles. The second-order valence-electron chi connectivity index (χ2n) is 9.89. The Morgan fingerprint density at radius 2 is 2.17 bits per heavy atom. The maximum absolute atomic E-state index is 14.6. The summed E-state index contributed by atoms with van der Waals surface area (Å²) in [7, 11) is 3.78. The Morgan fingerprint density at radius 3 is 2.83 bits per heavy atom. The predicted octanol–water partition coefficient (Wildman–Crippen LogP) is 5.72. The molecule has 0 aromatic heterocycles. The van der Waals surface area contributed by atoms with Crippen molar-refractivity contribution in [1.29, 1.82) is 0 Å². The van der Waals surface area contributed by atoms with Gasteiger partial charge in [0.15, 0.2) is 0 Å². The Balaban J connectivity index is 2.10. The Labute approximate surface area is 215 Å². The van der Waals surface area contributed by atoms with E-state index in [9.17, 15) is 9.18 Å². The van der Waals surface area contributed by atoms with Crippen LogP contribution in [0, 0.1) is 11.3 Å². The molecule has 192 valence electrons. The molecule has 2 aliphatic carbocycles. The minimum atomic E-state index is -0.262. The molecule has 1 aliphatic heterocycles. The fourth-order valence-corrected chi connectivity index (χ4v) is 4.85. The number of halogens is 1. The summed E-state index contributed by atoms with van der Waals surface area (Å²) < 4.78 is 14.6. The van der Waals surface area contributed by atoms with Gasteiger partial charge < -0.3 is 10.6 Å². The quantitative estimate of drug-likeness (QED) is 0.271. The summed E-state index contributed by atoms with van der Waals surface area (Å²) >= 11 is 0. The van der Waals surface area contributed by atoms with Crippen LogP contribution >= 0.6 is 0 Å².